The van der Waals surface area contributed by atoms with Gasteiger partial charge in [0.05, 0.1) is 6.10 Å². The molecule has 2 N–H and O–H groups in total. The zero-order chi connectivity index (χ0) is 16.1. The molecule has 0 amide bonds. The van der Waals surface area contributed by atoms with Crippen molar-refractivity contribution < 1.29 is 29.2 Å². The molecule has 1 saturated heterocycles. The highest BCUT2D eigenvalue weighted by atomic mass is 32.1. The molecule has 1 aliphatic heterocycles. The minimum Gasteiger partial charge on any atom is -0.447 e. The summed E-state index contributed by atoms with van der Waals surface area (Å²) < 4.78 is 21.5. The molecule has 5 atom stereocenters. The van der Waals surface area contributed by atoms with E-state index in [1.54, 1.807) is 38.1 Å². The molecule has 0 radical (unpaired) electrons. The fraction of sp³-hybridized carbons (Fsp3) is 0.533. The first-order valence-electron chi connectivity index (χ1n) is 7.09. The molecule has 0 aromatic heterocycles. The van der Waals surface area contributed by atoms with Crippen LogP contribution in [0.5, 0.6) is 5.75 Å². The van der Waals surface area contributed by atoms with Gasteiger partial charge in [0, 0.05) is 18.8 Å². The predicted molar refractivity (Wildman–Crippen MR) is 82.5 cm³/mol. The SMILES string of the molecule is CCO[C@H]1O[C@@H](C)[C@@H](O)[C@@H](OC(=S)Oc2ccccc2)[C@@H]1O. The van der Waals surface area contributed by atoms with Gasteiger partial charge in [-0.25, -0.2) is 0 Å². The van der Waals surface area contributed by atoms with Crippen LogP contribution >= 0.6 is 12.2 Å². The Morgan fingerprint density at radius 2 is 1.91 bits per heavy atom. The summed E-state index contributed by atoms with van der Waals surface area (Å²) in [5.74, 6) is 0.512. The lowest BCUT2D eigenvalue weighted by Crippen LogP contribution is -2.59. The Morgan fingerprint density at radius 1 is 1.23 bits per heavy atom. The summed E-state index contributed by atoms with van der Waals surface area (Å²) >= 11 is 5.02. The average Bonchev–Trinajstić information content (AvgIpc) is 2.50. The van der Waals surface area contributed by atoms with Gasteiger partial charge in [-0.15, -0.1) is 0 Å². The van der Waals surface area contributed by atoms with Crippen LogP contribution in [0.4, 0.5) is 0 Å². The van der Waals surface area contributed by atoms with E-state index in [1.165, 1.54) is 0 Å². The monoisotopic (exact) mass is 328 g/mol. The molecule has 0 unspecified atom stereocenters. The molecule has 1 aromatic rings. The number of thiocarbonyl (C=S) groups is 1. The van der Waals surface area contributed by atoms with Crippen molar-refractivity contribution in [2.45, 2.75) is 44.6 Å². The van der Waals surface area contributed by atoms with Crippen LogP contribution in [-0.4, -0.2) is 52.8 Å². The molecular weight excluding hydrogens is 308 g/mol. The number of aliphatic hydroxyl groups excluding tert-OH is 2. The minimum absolute atomic E-state index is 0.182. The molecule has 1 aliphatic rings. The van der Waals surface area contributed by atoms with Crippen molar-refractivity contribution in [3.05, 3.63) is 30.3 Å². The summed E-state index contributed by atoms with van der Waals surface area (Å²) in [4.78, 5) is 0. The fourth-order valence-electron chi connectivity index (χ4n) is 2.16. The van der Waals surface area contributed by atoms with E-state index in [0.717, 1.165) is 0 Å². The van der Waals surface area contributed by atoms with Gasteiger partial charge in [0.25, 0.3) is 0 Å². The van der Waals surface area contributed by atoms with Gasteiger partial charge >= 0.3 is 5.24 Å². The Kier molecular flexibility index (Phi) is 6.10. The van der Waals surface area contributed by atoms with Crippen molar-refractivity contribution in [3.63, 3.8) is 0 Å². The number of ether oxygens (including phenoxy) is 4. The first kappa shape index (κ1) is 17.1. The zero-order valence-electron chi connectivity index (χ0n) is 12.4. The highest BCUT2D eigenvalue weighted by Gasteiger charge is 2.45. The predicted octanol–water partition coefficient (Wildman–Crippen LogP) is 1.24. The second-order valence-electron chi connectivity index (χ2n) is 4.89. The third kappa shape index (κ3) is 4.15. The Labute approximate surface area is 134 Å². The number of hydrogen-bond acceptors (Lipinski definition) is 7. The van der Waals surface area contributed by atoms with Gasteiger partial charge in [-0.05, 0) is 26.0 Å². The van der Waals surface area contributed by atoms with Crippen LogP contribution in [0.3, 0.4) is 0 Å². The van der Waals surface area contributed by atoms with Gasteiger partial charge in [0.15, 0.2) is 12.4 Å². The summed E-state index contributed by atoms with van der Waals surface area (Å²) in [6, 6.07) is 8.87. The number of rotatable bonds is 4. The molecule has 1 aromatic carbocycles. The van der Waals surface area contributed by atoms with Crippen LogP contribution in [0, 0.1) is 0 Å². The lowest BCUT2D eigenvalue weighted by molar-refractivity contribution is -0.290. The molecule has 7 heteroatoms. The number of hydrogen-bond donors (Lipinski definition) is 2. The van der Waals surface area contributed by atoms with Gasteiger partial charge in [0.1, 0.15) is 18.0 Å². The largest absolute Gasteiger partial charge is 0.447 e. The highest BCUT2D eigenvalue weighted by molar-refractivity contribution is 7.79. The second kappa shape index (κ2) is 7.85. The van der Waals surface area contributed by atoms with E-state index in [9.17, 15) is 10.2 Å². The Balaban J connectivity index is 2.00. The summed E-state index contributed by atoms with van der Waals surface area (Å²) in [6.07, 6.45) is -4.67. The first-order chi connectivity index (χ1) is 10.5. The number of benzene rings is 1. The van der Waals surface area contributed by atoms with E-state index in [-0.39, 0.29) is 5.24 Å². The topological polar surface area (TPSA) is 77.4 Å². The van der Waals surface area contributed by atoms with E-state index in [1.807, 2.05) is 6.07 Å². The van der Waals surface area contributed by atoms with Gasteiger partial charge < -0.3 is 29.2 Å². The molecule has 2 rings (SSSR count). The number of aliphatic hydroxyl groups is 2. The smallest absolute Gasteiger partial charge is 0.358 e. The summed E-state index contributed by atoms with van der Waals surface area (Å²) in [6.45, 7) is 3.81. The van der Waals surface area contributed by atoms with Gasteiger partial charge in [-0.2, -0.15) is 0 Å². The molecule has 22 heavy (non-hydrogen) atoms. The molecule has 6 nitrogen and oxygen atoms in total. The van der Waals surface area contributed by atoms with Gasteiger partial charge in [0.2, 0.25) is 0 Å². The molecule has 0 bridgehead atoms. The summed E-state index contributed by atoms with van der Waals surface area (Å²) in [5.41, 5.74) is 0. The van der Waals surface area contributed by atoms with Crippen LogP contribution in [0.25, 0.3) is 0 Å². The van der Waals surface area contributed by atoms with Crippen LogP contribution < -0.4 is 4.74 Å². The zero-order valence-corrected chi connectivity index (χ0v) is 13.2. The quantitative estimate of drug-likeness (QED) is 0.805. The van der Waals surface area contributed by atoms with Crippen molar-refractivity contribution in [1.82, 2.24) is 0 Å². The van der Waals surface area contributed by atoms with Crippen LogP contribution in [0.1, 0.15) is 13.8 Å². The van der Waals surface area contributed by atoms with Crippen molar-refractivity contribution in [2.75, 3.05) is 6.61 Å². The average molecular weight is 328 g/mol. The summed E-state index contributed by atoms with van der Waals surface area (Å²) in [7, 11) is 0. The van der Waals surface area contributed by atoms with E-state index in [0.29, 0.717) is 12.4 Å². The maximum absolute atomic E-state index is 10.2. The lowest BCUT2D eigenvalue weighted by atomic mass is 10.00. The van der Waals surface area contributed by atoms with E-state index < -0.39 is 30.7 Å². The van der Waals surface area contributed by atoms with Crippen molar-refractivity contribution >= 4 is 17.5 Å². The van der Waals surface area contributed by atoms with Crippen LogP contribution in [0.15, 0.2) is 30.3 Å². The summed E-state index contributed by atoms with van der Waals surface area (Å²) in [5, 5.41) is 20.2. The Bertz CT molecular complexity index is 482. The first-order valence-corrected chi connectivity index (χ1v) is 7.50. The van der Waals surface area contributed by atoms with E-state index in [4.69, 9.17) is 31.2 Å². The third-order valence-electron chi connectivity index (χ3n) is 3.29. The van der Waals surface area contributed by atoms with Gasteiger partial charge in [-0.3, -0.25) is 0 Å². The van der Waals surface area contributed by atoms with Crippen molar-refractivity contribution in [3.8, 4) is 5.75 Å². The molecule has 0 saturated carbocycles. The maximum Gasteiger partial charge on any atom is 0.358 e. The standard InChI is InChI=1S/C15H20O6S/c1-3-18-14-12(17)13(11(16)9(2)19-14)21-15(22)20-10-7-5-4-6-8-10/h4-9,11-14,16-17H,3H2,1-2H3/t9-,11+,12-,13+,14-/m0/s1. The van der Waals surface area contributed by atoms with Gasteiger partial charge in [-0.1, -0.05) is 18.2 Å². The fourth-order valence-corrected chi connectivity index (χ4v) is 2.37. The Hall–Kier alpha value is -1.25. The third-order valence-corrected chi connectivity index (χ3v) is 3.47. The highest BCUT2D eigenvalue weighted by Crippen LogP contribution is 2.25. The molecular formula is C15H20O6S. The van der Waals surface area contributed by atoms with Crippen LogP contribution in [0.2, 0.25) is 0 Å². The number of para-hydroxylation sites is 1. The minimum atomic E-state index is -1.18. The van der Waals surface area contributed by atoms with E-state index in [2.05, 4.69) is 0 Å². The molecule has 1 heterocycles. The maximum atomic E-state index is 10.2. The Morgan fingerprint density at radius 3 is 2.55 bits per heavy atom. The normalized spacial score (nSPS) is 31.5. The van der Waals surface area contributed by atoms with Crippen molar-refractivity contribution in [2.24, 2.45) is 0 Å². The van der Waals surface area contributed by atoms with Crippen molar-refractivity contribution in [1.29, 1.82) is 0 Å². The lowest BCUT2D eigenvalue weighted by Gasteiger charge is -2.40. The molecule has 1 fully saturated rings. The van der Waals surface area contributed by atoms with E-state index >= 15 is 0 Å². The molecule has 0 spiro atoms. The molecule has 122 valence electrons. The molecule has 0 aliphatic carbocycles. The van der Waals surface area contributed by atoms with Crippen LogP contribution in [-0.2, 0) is 14.2 Å². The second-order valence-corrected chi connectivity index (χ2v) is 5.23.